The molecule has 2 N–H and O–H groups in total. The lowest BCUT2D eigenvalue weighted by atomic mass is 10.1. The number of benzene rings is 1. The third kappa shape index (κ3) is 2.09. The molecule has 0 atom stereocenters. The number of furan rings is 1. The quantitative estimate of drug-likeness (QED) is 0.831. The van der Waals surface area contributed by atoms with Crippen LogP contribution in [0, 0.1) is 11.6 Å². The van der Waals surface area contributed by atoms with Gasteiger partial charge in [-0.25, -0.2) is 13.7 Å². The fourth-order valence-electron chi connectivity index (χ4n) is 2.24. The highest BCUT2D eigenvalue weighted by molar-refractivity contribution is 6.20. The second-order valence-electron chi connectivity index (χ2n) is 4.71. The van der Waals surface area contributed by atoms with Gasteiger partial charge in [-0.3, -0.25) is 9.59 Å². The molecule has 1 fully saturated rings. The number of carbonyl (C=O) groups is 2. The van der Waals surface area contributed by atoms with Gasteiger partial charge in [0.2, 0.25) is 23.3 Å². The zero-order valence-electron chi connectivity index (χ0n) is 11.0. The first kappa shape index (κ1) is 14.1. The second kappa shape index (κ2) is 4.83. The van der Waals surface area contributed by atoms with Crippen molar-refractivity contribution in [3.8, 4) is 22.8 Å². The van der Waals surface area contributed by atoms with Crippen molar-refractivity contribution in [2.75, 3.05) is 4.90 Å². The van der Waals surface area contributed by atoms with Gasteiger partial charge in [-0.05, 0) is 12.1 Å². The van der Waals surface area contributed by atoms with Crippen molar-refractivity contribution < 1.29 is 33.0 Å². The molecule has 22 heavy (non-hydrogen) atoms. The smallest absolute Gasteiger partial charge is 0.256 e. The van der Waals surface area contributed by atoms with Crippen molar-refractivity contribution in [1.82, 2.24) is 0 Å². The molecule has 0 saturated carbocycles. The van der Waals surface area contributed by atoms with Gasteiger partial charge in [-0.2, -0.15) is 0 Å². The van der Waals surface area contributed by atoms with E-state index in [0.29, 0.717) is 11.0 Å². The highest BCUT2D eigenvalue weighted by Gasteiger charge is 2.37. The van der Waals surface area contributed by atoms with Gasteiger partial charge in [0.15, 0.2) is 5.76 Å². The lowest BCUT2D eigenvalue weighted by Crippen LogP contribution is -2.28. The van der Waals surface area contributed by atoms with Gasteiger partial charge in [0.1, 0.15) is 11.6 Å². The van der Waals surface area contributed by atoms with Gasteiger partial charge in [0.25, 0.3) is 5.88 Å². The first-order valence-corrected chi connectivity index (χ1v) is 6.25. The fraction of sp³-hybridized carbons (Fsp3) is 0.143. The van der Waals surface area contributed by atoms with E-state index in [0.717, 1.165) is 12.1 Å². The van der Waals surface area contributed by atoms with Crippen LogP contribution in [0.2, 0.25) is 0 Å². The minimum Gasteiger partial charge on any atom is -0.502 e. The molecule has 8 heteroatoms. The number of imide groups is 1. The molecule has 1 aliphatic heterocycles. The minimum atomic E-state index is -0.917. The van der Waals surface area contributed by atoms with Crippen molar-refractivity contribution in [1.29, 1.82) is 0 Å². The van der Waals surface area contributed by atoms with E-state index in [-0.39, 0.29) is 18.4 Å². The Morgan fingerprint density at radius 2 is 1.50 bits per heavy atom. The number of nitrogens with zero attached hydrogens (tertiary/aromatic N) is 1. The number of anilines is 1. The van der Waals surface area contributed by atoms with E-state index >= 15 is 0 Å². The van der Waals surface area contributed by atoms with Crippen molar-refractivity contribution in [2.45, 2.75) is 12.8 Å². The summed E-state index contributed by atoms with van der Waals surface area (Å²) in [6.45, 7) is 0. The van der Waals surface area contributed by atoms with Gasteiger partial charge >= 0.3 is 0 Å². The predicted octanol–water partition coefficient (Wildman–Crippen LogP) is 2.29. The average Bonchev–Trinajstić information content (AvgIpc) is 2.91. The SMILES string of the molecule is O=C1CCC(=O)N1c1oc(-c2cc(F)cc(F)c2)c(O)c1O. The van der Waals surface area contributed by atoms with Crippen LogP contribution in [0.4, 0.5) is 14.7 Å². The predicted molar refractivity (Wildman–Crippen MR) is 69.1 cm³/mol. The Morgan fingerprint density at radius 1 is 0.955 bits per heavy atom. The topological polar surface area (TPSA) is 91.0 Å². The highest BCUT2D eigenvalue weighted by atomic mass is 19.1. The Morgan fingerprint density at radius 3 is 2.05 bits per heavy atom. The molecule has 114 valence electrons. The Labute approximate surface area is 122 Å². The fourth-order valence-corrected chi connectivity index (χ4v) is 2.24. The summed E-state index contributed by atoms with van der Waals surface area (Å²) in [4.78, 5) is 23.9. The van der Waals surface area contributed by atoms with Crippen LogP contribution < -0.4 is 4.90 Å². The summed E-state index contributed by atoms with van der Waals surface area (Å²) in [6, 6.07) is 2.37. The van der Waals surface area contributed by atoms with Crippen LogP contribution in [0.1, 0.15) is 12.8 Å². The molecule has 0 spiro atoms. The Kier molecular flexibility index (Phi) is 3.09. The highest BCUT2D eigenvalue weighted by Crippen LogP contribution is 2.47. The lowest BCUT2D eigenvalue weighted by Gasteiger charge is -2.09. The van der Waals surface area contributed by atoms with Gasteiger partial charge in [-0.1, -0.05) is 0 Å². The van der Waals surface area contributed by atoms with Crippen molar-refractivity contribution in [2.24, 2.45) is 0 Å². The van der Waals surface area contributed by atoms with Crippen LogP contribution in [0.5, 0.6) is 11.5 Å². The van der Waals surface area contributed by atoms with Crippen LogP contribution >= 0.6 is 0 Å². The van der Waals surface area contributed by atoms with Crippen LogP contribution in [-0.4, -0.2) is 22.0 Å². The van der Waals surface area contributed by atoms with Gasteiger partial charge in [-0.15, -0.1) is 0 Å². The minimum absolute atomic E-state index is 0.0519. The molecule has 0 aliphatic carbocycles. The van der Waals surface area contributed by atoms with E-state index in [2.05, 4.69) is 0 Å². The van der Waals surface area contributed by atoms with Crippen molar-refractivity contribution in [3.05, 3.63) is 29.8 Å². The summed E-state index contributed by atoms with van der Waals surface area (Å²) >= 11 is 0. The number of hydrogen-bond donors (Lipinski definition) is 2. The molecule has 0 unspecified atom stereocenters. The zero-order chi connectivity index (χ0) is 16.0. The van der Waals surface area contributed by atoms with Crippen molar-refractivity contribution in [3.63, 3.8) is 0 Å². The normalized spacial score (nSPS) is 14.9. The molecule has 3 rings (SSSR count). The number of hydrogen-bond acceptors (Lipinski definition) is 5. The molecule has 2 amide bonds. The number of halogens is 2. The van der Waals surface area contributed by atoms with Crippen LogP contribution in [0.25, 0.3) is 11.3 Å². The summed E-state index contributed by atoms with van der Waals surface area (Å²) in [5.74, 6) is -5.71. The third-order valence-electron chi connectivity index (χ3n) is 3.22. The maximum Gasteiger partial charge on any atom is 0.256 e. The van der Waals surface area contributed by atoms with E-state index in [4.69, 9.17) is 4.42 Å². The van der Waals surface area contributed by atoms with Crippen molar-refractivity contribution >= 4 is 17.7 Å². The van der Waals surface area contributed by atoms with Crippen LogP contribution in [0.3, 0.4) is 0 Å². The number of aromatic hydroxyl groups is 2. The van der Waals surface area contributed by atoms with Crippen LogP contribution in [-0.2, 0) is 9.59 Å². The molecule has 1 aromatic heterocycles. The second-order valence-corrected chi connectivity index (χ2v) is 4.71. The molecule has 2 aromatic rings. The maximum atomic E-state index is 13.2. The van der Waals surface area contributed by atoms with Gasteiger partial charge < -0.3 is 14.6 Å². The first-order valence-electron chi connectivity index (χ1n) is 6.25. The summed E-state index contributed by atoms with van der Waals surface area (Å²) in [7, 11) is 0. The molecule has 1 aliphatic rings. The number of rotatable bonds is 2. The maximum absolute atomic E-state index is 13.2. The van der Waals surface area contributed by atoms with E-state index in [1.54, 1.807) is 0 Å². The summed E-state index contributed by atoms with van der Waals surface area (Å²) in [6.07, 6.45) is -0.104. The van der Waals surface area contributed by atoms with Crippen LogP contribution in [0.15, 0.2) is 22.6 Å². The molecule has 6 nitrogen and oxygen atoms in total. The molecule has 1 saturated heterocycles. The van der Waals surface area contributed by atoms with Gasteiger partial charge in [0.05, 0.1) is 0 Å². The summed E-state index contributed by atoms with van der Waals surface area (Å²) in [5.41, 5.74) is -0.185. The van der Waals surface area contributed by atoms with E-state index in [1.165, 1.54) is 0 Å². The zero-order valence-corrected chi connectivity index (χ0v) is 11.0. The molecule has 1 aromatic carbocycles. The van der Waals surface area contributed by atoms with Gasteiger partial charge in [0, 0.05) is 24.5 Å². The first-order chi connectivity index (χ1) is 10.4. The average molecular weight is 309 g/mol. The van der Waals surface area contributed by atoms with E-state index in [1.807, 2.05) is 0 Å². The summed E-state index contributed by atoms with van der Waals surface area (Å²) < 4.78 is 31.6. The Balaban J connectivity index is 2.13. The largest absolute Gasteiger partial charge is 0.502 e. The monoisotopic (exact) mass is 309 g/mol. The number of amides is 2. The summed E-state index contributed by atoms with van der Waals surface area (Å²) in [5, 5.41) is 19.7. The molecule has 0 bridgehead atoms. The lowest BCUT2D eigenvalue weighted by molar-refractivity contribution is -0.121. The molecule has 2 heterocycles. The molecular formula is C14H9F2NO5. The molecule has 0 radical (unpaired) electrons. The number of carbonyl (C=O) groups excluding carboxylic acids is 2. The standard InChI is InChI=1S/C14H9F2NO5/c15-7-3-6(4-8(16)5-7)13-11(20)12(21)14(22-13)17-9(18)1-2-10(17)19/h3-5,20-21H,1-2H2. The molecular weight excluding hydrogens is 300 g/mol. The van der Waals surface area contributed by atoms with E-state index < -0.39 is 46.6 Å². The third-order valence-corrected chi connectivity index (χ3v) is 3.22. The van der Waals surface area contributed by atoms with E-state index in [9.17, 15) is 28.6 Å². The Bertz CT molecular complexity index is 763. The Hall–Kier alpha value is -2.90.